The third-order valence-electron chi connectivity index (χ3n) is 2.22. The van der Waals surface area contributed by atoms with Gasteiger partial charge in [0, 0.05) is 20.6 Å². The Balaban J connectivity index is 3.81. The molecular weight excluding hydrogens is 220 g/mol. The molecule has 0 unspecified atom stereocenters. The molecule has 1 atom stereocenters. The zero-order chi connectivity index (χ0) is 13.3. The van der Waals surface area contributed by atoms with E-state index < -0.39 is 6.04 Å². The SMILES string of the molecule is CCCCOC(=O)[C@@H](N)CCN=C(N)N(C)C. The van der Waals surface area contributed by atoms with E-state index in [2.05, 4.69) is 4.99 Å². The Morgan fingerprint density at radius 3 is 2.65 bits per heavy atom. The van der Waals surface area contributed by atoms with Gasteiger partial charge < -0.3 is 21.1 Å². The maximum absolute atomic E-state index is 11.4. The molecule has 0 bridgehead atoms. The lowest BCUT2D eigenvalue weighted by molar-refractivity contribution is -0.145. The molecule has 0 aliphatic rings. The number of hydrogen-bond donors (Lipinski definition) is 2. The minimum Gasteiger partial charge on any atom is -0.465 e. The standard InChI is InChI=1S/C11H24N4O2/c1-4-5-8-17-10(16)9(12)6-7-14-11(13)15(2)3/h9H,4-8,12H2,1-3H3,(H2,13,14)/t9-/m0/s1. The van der Waals surface area contributed by atoms with E-state index in [4.69, 9.17) is 16.2 Å². The second kappa shape index (κ2) is 8.81. The van der Waals surface area contributed by atoms with E-state index in [-0.39, 0.29) is 5.97 Å². The molecule has 6 heteroatoms. The summed E-state index contributed by atoms with van der Waals surface area (Å²) in [5, 5.41) is 0. The molecule has 0 fully saturated rings. The maximum Gasteiger partial charge on any atom is 0.322 e. The van der Waals surface area contributed by atoms with Crippen molar-refractivity contribution < 1.29 is 9.53 Å². The first-order valence-corrected chi connectivity index (χ1v) is 5.88. The molecule has 0 aromatic heterocycles. The molecule has 0 radical (unpaired) electrons. The third-order valence-corrected chi connectivity index (χ3v) is 2.22. The minimum atomic E-state index is -0.620. The molecule has 0 rings (SSSR count). The van der Waals surface area contributed by atoms with Gasteiger partial charge in [0.2, 0.25) is 0 Å². The molecule has 0 amide bonds. The minimum absolute atomic E-state index is 0.364. The van der Waals surface area contributed by atoms with Crippen LogP contribution in [-0.4, -0.2) is 50.1 Å². The number of esters is 1. The van der Waals surface area contributed by atoms with Gasteiger partial charge >= 0.3 is 5.97 Å². The van der Waals surface area contributed by atoms with Crippen molar-refractivity contribution in [3.05, 3.63) is 0 Å². The Bertz CT molecular complexity index is 254. The first-order chi connectivity index (χ1) is 7.99. The molecule has 4 N–H and O–H groups in total. The van der Waals surface area contributed by atoms with Gasteiger partial charge in [0.1, 0.15) is 6.04 Å². The van der Waals surface area contributed by atoms with E-state index in [1.807, 2.05) is 6.92 Å². The lowest BCUT2D eigenvalue weighted by Crippen LogP contribution is -2.34. The first kappa shape index (κ1) is 15.7. The number of guanidine groups is 1. The van der Waals surface area contributed by atoms with Crippen molar-refractivity contribution in [1.29, 1.82) is 0 Å². The summed E-state index contributed by atoms with van der Waals surface area (Å²) < 4.78 is 5.00. The molecule has 0 saturated heterocycles. The van der Waals surface area contributed by atoms with Crippen molar-refractivity contribution in [1.82, 2.24) is 4.90 Å². The average molecular weight is 244 g/mol. The van der Waals surface area contributed by atoms with E-state index in [0.29, 0.717) is 25.5 Å². The van der Waals surface area contributed by atoms with E-state index >= 15 is 0 Å². The van der Waals surface area contributed by atoms with Crippen molar-refractivity contribution in [3.8, 4) is 0 Å². The molecule has 6 nitrogen and oxygen atoms in total. The Kier molecular flexibility index (Phi) is 8.13. The van der Waals surface area contributed by atoms with Gasteiger partial charge in [-0.2, -0.15) is 0 Å². The van der Waals surface area contributed by atoms with Gasteiger partial charge in [0.05, 0.1) is 6.61 Å². The normalized spacial score (nSPS) is 13.3. The summed E-state index contributed by atoms with van der Waals surface area (Å²) in [6.07, 6.45) is 2.30. The second-order valence-corrected chi connectivity index (χ2v) is 4.05. The fourth-order valence-electron chi connectivity index (χ4n) is 1.00. The zero-order valence-corrected chi connectivity index (χ0v) is 11.0. The Labute approximate surface area is 103 Å². The lowest BCUT2D eigenvalue weighted by Gasteiger charge is -2.12. The van der Waals surface area contributed by atoms with Crippen molar-refractivity contribution in [2.24, 2.45) is 16.5 Å². The summed E-state index contributed by atoms with van der Waals surface area (Å²) in [6.45, 7) is 2.90. The molecule has 100 valence electrons. The molecule has 17 heavy (non-hydrogen) atoms. The molecule has 0 aliphatic carbocycles. The number of nitrogens with zero attached hydrogens (tertiary/aromatic N) is 2. The monoisotopic (exact) mass is 244 g/mol. The summed E-state index contributed by atoms with van der Waals surface area (Å²) in [6, 6.07) is -0.620. The number of carbonyl (C=O) groups excluding carboxylic acids is 1. The van der Waals surface area contributed by atoms with Gasteiger partial charge in [0.25, 0.3) is 0 Å². The van der Waals surface area contributed by atoms with Crippen LogP contribution >= 0.6 is 0 Å². The quantitative estimate of drug-likeness (QED) is 0.283. The van der Waals surface area contributed by atoms with Crippen LogP contribution in [0.15, 0.2) is 4.99 Å². The van der Waals surface area contributed by atoms with Crippen molar-refractivity contribution in [2.45, 2.75) is 32.2 Å². The van der Waals surface area contributed by atoms with Crippen LogP contribution in [0, 0.1) is 0 Å². The third kappa shape index (κ3) is 7.57. The maximum atomic E-state index is 11.4. The van der Waals surface area contributed by atoms with Crippen molar-refractivity contribution >= 4 is 11.9 Å². The predicted molar refractivity (Wildman–Crippen MR) is 68.6 cm³/mol. The highest BCUT2D eigenvalue weighted by molar-refractivity contribution is 5.77. The summed E-state index contributed by atoms with van der Waals surface area (Å²) in [5.74, 6) is 0.0635. The highest BCUT2D eigenvalue weighted by atomic mass is 16.5. The zero-order valence-electron chi connectivity index (χ0n) is 11.0. The number of nitrogens with two attached hydrogens (primary N) is 2. The van der Waals surface area contributed by atoms with Gasteiger partial charge in [0.15, 0.2) is 5.96 Å². The average Bonchev–Trinajstić information content (AvgIpc) is 2.28. The fraction of sp³-hybridized carbons (Fsp3) is 0.818. The van der Waals surface area contributed by atoms with Gasteiger partial charge in [-0.05, 0) is 12.8 Å². The van der Waals surface area contributed by atoms with Crippen LogP contribution in [0.4, 0.5) is 0 Å². The molecule has 0 spiro atoms. The number of ether oxygens (including phenoxy) is 1. The summed E-state index contributed by atoms with van der Waals surface area (Å²) in [4.78, 5) is 17.2. The molecule has 0 saturated carbocycles. The smallest absolute Gasteiger partial charge is 0.322 e. The molecule has 0 aromatic carbocycles. The summed E-state index contributed by atoms with van der Waals surface area (Å²) >= 11 is 0. The summed E-state index contributed by atoms with van der Waals surface area (Å²) in [7, 11) is 3.61. The predicted octanol–water partition coefficient (Wildman–Crippen LogP) is -0.0766. The summed E-state index contributed by atoms with van der Waals surface area (Å²) in [5.41, 5.74) is 11.3. The van der Waals surface area contributed by atoms with Crippen LogP contribution in [0.5, 0.6) is 0 Å². The Hall–Kier alpha value is -1.30. The molecule has 0 aromatic rings. The largest absolute Gasteiger partial charge is 0.465 e. The molecular formula is C11H24N4O2. The van der Waals surface area contributed by atoms with Crippen molar-refractivity contribution in [2.75, 3.05) is 27.2 Å². The van der Waals surface area contributed by atoms with Crippen molar-refractivity contribution in [3.63, 3.8) is 0 Å². The number of carbonyl (C=O) groups is 1. The van der Waals surface area contributed by atoms with Crippen LogP contribution in [-0.2, 0) is 9.53 Å². The van der Waals surface area contributed by atoms with Crippen LogP contribution in [0.25, 0.3) is 0 Å². The van der Waals surface area contributed by atoms with Gasteiger partial charge in [-0.1, -0.05) is 13.3 Å². The van der Waals surface area contributed by atoms with E-state index in [1.54, 1.807) is 19.0 Å². The van der Waals surface area contributed by atoms with Crippen LogP contribution in [0.1, 0.15) is 26.2 Å². The molecule has 0 aliphatic heterocycles. The number of aliphatic imine (C=N–C) groups is 1. The van der Waals surface area contributed by atoms with E-state index in [0.717, 1.165) is 12.8 Å². The topological polar surface area (TPSA) is 93.9 Å². The van der Waals surface area contributed by atoms with Crippen LogP contribution < -0.4 is 11.5 Å². The van der Waals surface area contributed by atoms with Gasteiger partial charge in [-0.25, -0.2) is 0 Å². The lowest BCUT2D eigenvalue weighted by atomic mass is 10.2. The van der Waals surface area contributed by atoms with E-state index in [9.17, 15) is 4.79 Å². The Morgan fingerprint density at radius 1 is 1.47 bits per heavy atom. The highest BCUT2D eigenvalue weighted by Crippen LogP contribution is 1.96. The number of rotatable bonds is 7. The van der Waals surface area contributed by atoms with Crippen LogP contribution in [0.3, 0.4) is 0 Å². The van der Waals surface area contributed by atoms with Gasteiger partial charge in [-0.15, -0.1) is 0 Å². The second-order valence-electron chi connectivity index (χ2n) is 4.05. The Morgan fingerprint density at radius 2 is 2.12 bits per heavy atom. The van der Waals surface area contributed by atoms with Crippen LogP contribution in [0.2, 0.25) is 0 Å². The van der Waals surface area contributed by atoms with Gasteiger partial charge in [-0.3, -0.25) is 9.79 Å². The highest BCUT2D eigenvalue weighted by Gasteiger charge is 2.14. The van der Waals surface area contributed by atoms with E-state index in [1.165, 1.54) is 0 Å². The number of hydrogen-bond acceptors (Lipinski definition) is 4. The number of unbranched alkanes of at least 4 members (excludes halogenated alkanes) is 1. The molecule has 0 heterocycles. The first-order valence-electron chi connectivity index (χ1n) is 5.88. The fourth-order valence-corrected chi connectivity index (χ4v) is 1.00.